The summed E-state index contributed by atoms with van der Waals surface area (Å²) in [5.41, 5.74) is 0.384. The van der Waals surface area contributed by atoms with Crippen LogP contribution in [0.5, 0.6) is 0 Å². The minimum Gasteiger partial charge on any atom is -0.369 e. The second kappa shape index (κ2) is 6.70. The first kappa shape index (κ1) is 15.7. The topological polar surface area (TPSA) is 66.9 Å². The van der Waals surface area contributed by atoms with Gasteiger partial charge in [0.05, 0.1) is 5.41 Å². The van der Waals surface area contributed by atoms with Crippen LogP contribution in [0.15, 0.2) is 6.33 Å². The average Bonchev–Trinajstić information content (AvgIpc) is 2.38. The lowest BCUT2D eigenvalue weighted by atomic mass is 9.92. The summed E-state index contributed by atoms with van der Waals surface area (Å²) in [6.45, 7) is 6.31. The molecule has 6 heteroatoms. The van der Waals surface area contributed by atoms with Crippen LogP contribution in [-0.4, -0.2) is 29.5 Å². The first-order valence-electron chi connectivity index (χ1n) is 6.37. The normalized spacial score (nSPS) is 11.2. The van der Waals surface area contributed by atoms with Crippen molar-refractivity contribution < 1.29 is 4.79 Å². The maximum absolute atomic E-state index is 11.7. The quantitative estimate of drug-likeness (QED) is 0.787. The molecule has 19 heavy (non-hydrogen) atoms. The molecule has 0 unspecified atom stereocenters. The van der Waals surface area contributed by atoms with E-state index in [4.69, 9.17) is 11.6 Å². The number of nitrogens with one attached hydrogen (secondary N) is 2. The van der Waals surface area contributed by atoms with E-state index in [-0.39, 0.29) is 5.91 Å². The lowest BCUT2D eigenvalue weighted by molar-refractivity contribution is -0.128. The lowest BCUT2D eigenvalue weighted by Crippen LogP contribution is -2.39. The maximum atomic E-state index is 11.7. The van der Waals surface area contributed by atoms with Crippen molar-refractivity contribution in [3.8, 4) is 0 Å². The van der Waals surface area contributed by atoms with Crippen molar-refractivity contribution in [2.24, 2.45) is 5.41 Å². The van der Waals surface area contributed by atoms with Crippen LogP contribution < -0.4 is 10.6 Å². The van der Waals surface area contributed by atoms with Gasteiger partial charge < -0.3 is 10.6 Å². The van der Waals surface area contributed by atoms with Gasteiger partial charge in [-0.1, -0.05) is 24.9 Å². The molecule has 0 aliphatic heterocycles. The molecule has 1 aromatic rings. The molecule has 0 fully saturated rings. The number of halogens is 1. The number of carbonyl (C=O) groups is 1. The zero-order chi connectivity index (χ0) is 14.5. The van der Waals surface area contributed by atoms with Crippen molar-refractivity contribution in [2.75, 3.05) is 18.9 Å². The van der Waals surface area contributed by atoms with Crippen molar-refractivity contribution >= 4 is 23.3 Å². The molecular weight excluding hydrogens is 264 g/mol. The van der Waals surface area contributed by atoms with Gasteiger partial charge in [0.1, 0.15) is 17.3 Å². The van der Waals surface area contributed by atoms with Crippen molar-refractivity contribution in [1.29, 1.82) is 0 Å². The third-order valence-corrected chi connectivity index (χ3v) is 3.26. The van der Waals surface area contributed by atoms with E-state index in [0.29, 0.717) is 17.5 Å². The Hall–Kier alpha value is -1.36. The van der Waals surface area contributed by atoms with E-state index in [0.717, 1.165) is 18.4 Å². The van der Waals surface area contributed by atoms with Gasteiger partial charge in [-0.05, 0) is 20.3 Å². The lowest BCUT2D eigenvalue weighted by Gasteiger charge is -2.23. The summed E-state index contributed by atoms with van der Waals surface area (Å²) in [6, 6.07) is 0. The summed E-state index contributed by atoms with van der Waals surface area (Å²) in [5.74, 6) is 0.691. The van der Waals surface area contributed by atoms with Gasteiger partial charge in [0, 0.05) is 19.2 Å². The average molecular weight is 285 g/mol. The fourth-order valence-corrected chi connectivity index (χ4v) is 1.97. The molecule has 0 aliphatic carbocycles. The number of rotatable bonds is 6. The number of amides is 1. The highest BCUT2D eigenvalue weighted by Crippen LogP contribution is 2.23. The Labute approximate surface area is 119 Å². The number of hydrogen-bond donors (Lipinski definition) is 2. The Morgan fingerprint density at radius 3 is 2.68 bits per heavy atom. The summed E-state index contributed by atoms with van der Waals surface area (Å²) >= 11 is 6.08. The highest BCUT2D eigenvalue weighted by atomic mass is 35.5. The Balaban J connectivity index is 2.83. The molecule has 0 spiro atoms. The van der Waals surface area contributed by atoms with E-state index in [2.05, 4.69) is 27.5 Å². The summed E-state index contributed by atoms with van der Waals surface area (Å²) in [6.07, 6.45) is 3.19. The van der Waals surface area contributed by atoms with E-state index in [1.54, 1.807) is 7.05 Å². The van der Waals surface area contributed by atoms with Gasteiger partial charge in [0.25, 0.3) is 0 Å². The summed E-state index contributed by atoms with van der Waals surface area (Å²) in [4.78, 5) is 19.9. The van der Waals surface area contributed by atoms with Crippen LogP contribution in [0, 0.1) is 5.41 Å². The Morgan fingerprint density at radius 1 is 1.42 bits per heavy atom. The van der Waals surface area contributed by atoms with E-state index in [9.17, 15) is 4.79 Å². The summed E-state index contributed by atoms with van der Waals surface area (Å²) in [7, 11) is 1.63. The first-order chi connectivity index (χ1) is 8.92. The fraction of sp³-hybridized carbons (Fsp3) is 0.615. The van der Waals surface area contributed by atoms with E-state index in [1.807, 2.05) is 13.8 Å². The molecule has 0 bridgehead atoms. The highest BCUT2D eigenvalue weighted by molar-refractivity contribution is 6.30. The van der Waals surface area contributed by atoms with Gasteiger partial charge in [0.15, 0.2) is 0 Å². The Kier molecular flexibility index (Phi) is 5.54. The number of carbonyl (C=O) groups excluding carboxylic acids is 1. The molecule has 1 amide bonds. The molecule has 0 atom stereocenters. The van der Waals surface area contributed by atoms with Crippen LogP contribution in [-0.2, 0) is 11.2 Å². The smallest absolute Gasteiger partial charge is 0.227 e. The molecule has 0 aliphatic rings. The zero-order valence-corrected chi connectivity index (χ0v) is 12.6. The van der Waals surface area contributed by atoms with Crippen LogP contribution >= 0.6 is 11.6 Å². The van der Waals surface area contributed by atoms with Gasteiger partial charge in [0.2, 0.25) is 5.91 Å². The second-order valence-corrected chi connectivity index (χ2v) is 5.42. The zero-order valence-electron chi connectivity index (χ0n) is 11.9. The fourth-order valence-electron chi connectivity index (χ4n) is 1.74. The van der Waals surface area contributed by atoms with Crippen LogP contribution in [0.25, 0.3) is 0 Å². The SMILES string of the molecule is CCCc1c(Cl)ncnc1NCC(C)(C)C(=O)NC. The molecule has 0 aromatic carbocycles. The number of hydrogen-bond acceptors (Lipinski definition) is 4. The van der Waals surface area contributed by atoms with E-state index >= 15 is 0 Å². The van der Waals surface area contributed by atoms with Gasteiger partial charge in [-0.25, -0.2) is 9.97 Å². The molecule has 106 valence electrons. The third-order valence-electron chi connectivity index (χ3n) is 2.93. The van der Waals surface area contributed by atoms with Crippen molar-refractivity contribution in [1.82, 2.24) is 15.3 Å². The molecule has 5 nitrogen and oxygen atoms in total. The summed E-state index contributed by atoms with van der Waals surface area (Å²) < 4.78 is 0. The monoisotopic (exact) mass is 284 g/mol. The molecule has 0 saturated heterocycles. The minimum absolute atomic E-state index is 0.0165. The van der Waals surface area contributed by atoms with Crippen LogP contribution in [0.3, 0.4) is 0 Å². The third kappa shape index (κ3) is 4.06. The van der Waals surface area contributed by atoms with E-state index < -0.39 is 5.41 Å². The first-order valence-corrected chi connectivity index (χ1v) is 6.75. The minimum atomic E-state index is -0.518. The Morgan fingerprint density at radius 2 is 2.11 bits per heavy atom. The predicted octanol–water partition coefficient (Wildman–Crippen LogP) is 2.27. The predicted molar refractivity (Wildman–Crippen MR) is 77.4 cm³/mol. The second-order valence-electron chi connectivity index (χ2n) is 5.06. The largest absolute Gasteiger partial charge is 0.369 e. The molecule has 0 radical (unpaired) electrons. The standard InChI is InChI=1S/C13H21ClN4O/c1-5-6-9-10(14)17-8-18-11(9)16-7-13(2,3)12(19)15-4/h8H,5-7H2,1-4H3,(H,15,19)(H,16,17,18). The van der Waals surface area contributed by atoms with Gasteiger partial charge in [-0.15, -0.1) is 0 Å². The van der Waals surface area contributed by atoms with E-state index in [1.165, 1.54) is 6.33 Å². The number of aromatic nitrogens is 2. The van der Waals surface area contributed by atoms with Crippen molar-refractivity contribution in [3.05, 3.63) is 17.0 Å². The molecule has 1 aromatic heterocycles. The van der Waals surface area contributed by atoms with Crippen molar-refractivity contribution in [3.63, 3.8) is 0 Å². The van der Waals surface area contributed by atoms with Crippen LogP contribution in [0.1, 0.15) is 32.8 Å². The molecule has 1 heterocycles. The van der Waals surface area contributed by atoms with Crippen LogP contribution in [0.4, 0.5) is 5.82 Å². The summed E-state index contributed by atoms with van der Waals surface area (Å²) in [5, 5.41) is 6.32. The van der Waals surface area contributed by atoms with Gasteiger partial charge in [-0.3, -0.25) is 4.79 Å². The van der Waals surface area contributed by atoms with Crippen LogP contribution in [0.2, 0.25) is 5.15 Å². The molecule has 2 N–H and O–H groups in total. The van der Waals surface area contributed by atoms with Gasteiger partial charge >= 0.3 is 0 Å². The highest BCUT2D eigenvalue weighted by Gasteiger charge is 2.26. The number of nitrogens with zero attached hydrogens (tertiary/aromatic N) is 2. The van der Waals surface area contributed by atoms with Gasteiger partial charge in [-0.2, -0.15) is 0 Å². The maximum Gasteiger partial charge on any atom is 0.227 e. The number of anilines is 1. The van der Waals surface area contributed by atoms with Crippen molar-refractivity contribution in [2.45, 2.75) is 33.6 Å². The molecule has 0 saturated carbocycles. The Bertz CT molecular complexity index is 448. The molecule has 1 rings (SSSR count). The molecular formula is C13H21ClN4O.